The van der Waals surface area contributed by atoms with Gasteiger partial charge in [-0.05, 0) is 30.3 Å². The van der Waals surface area contributed by atoms with Crippen LogP contribution in [0.25, 0.3) is 0 Å². The zero-order valence-electron chi connectivity index (χ0n) is 19.2. The molecule has 1 aliphatic rings. The number of hydrogen-bond donors (Lipinski definition) is 1. The molecular weight excluding hydrogens is 518 g/mol. The number of carbonyl (C=O) groups is 2. The first kappa shape index (κ1) is 27.4. The third-order valence-corrected chi connectivity index (χ3v) is 6.76. The number of thioether (sulfide) groups is 2. The Morgan fingerprint density at radius 1 is 1.28 bits per heavy atom. The summed E-state index contributed by atoms with van der Waals surface area (Å²) in [6, 6.07) is 9.93. The molecular formula is C22H22F2N4O6S2. The van der Waals surface area contributed by atoms with Gasteiger partial charge in [0.1, 0.15) is 11.0 Å². The summed E-state index contributed by atoms with van der Waals surface area (Å²) in [5.41, 5.74) is 0.340. The van der Waals surface area contributed by atoms with Gasteiger partial charge in [-0.25, -0.2) is 4.99 Å². The van der Waals surface area contributed by atoms with Crippen LogP contribution in [0, 0.1) is 10.1 Å². The maximum absolute atomic E-state index is 13.0. The van der Waals surface area contributed by atoms with Crippen molar-refractivity contribution < 1.29 is 32.8 Å². The van der Waals surface area contributed by atoms with Gasteiger partial charge in [-0.1, -0.05) is 23.5 Å². The lowest BCUT2D eigenvalue weighted by atomic mass is 10.2. The molecule has 2 amide bonds. The van der Waals surface area contributed by atoms with Gasteiger partial charge >= 0.3 is 0 Å². The first-order valence-electron chi connectivity index (χ1n) is 10.4. The number of alkyl halides is 2. The number of anilines is 1. The third kappa shape index (κ3) is 7.15. The Bertz CT molecular complexity index is 1150. The standard InChI is InChI=1S/C22H22F2N4O6S2/c1-33-10-9-27-20(30)18(36-22(27)25-13-3-6-15(7-4-13)35-21(23)24)12-19(29)26-16-11-14(28(31)32)5-8-17(16)34-2/h3-8,11,18,21H,9-10,12H2,1-2H3,(H,26,29)/t18-/m1/s1. The maximum Gasteiger partial charge on any atom is 0.288 e. The van der Waals surface area contributed by atoms with Crippen molar-refractivity contribution in [3.8, 4) is 5.75 Å². The number of amides is 2. The lowest BCUT2D eigenvalue weighted by molar-refractivity contribution is -0.384. The van der Waals surface area contributed by atoms with Crippen molar-refractivity contribution in [3.63, 3.8) is 0 Å². The fourth-order valence-electron chi connectivity index (χ4n) is 3.20. The summed E-state index contributed by atoms with van der Waals surface area (Å²) in [5.74, 6) is -3.19. The number of methoxy groups -OCH3 is 2. The second kappa shape index (κ2) is 12.6. The topological polar surface area (TPSA) is 123 Å². The van der Waals surface area contributed by atoms with E-state index in [1.54, 1.807) is 12.1 Å². The van der Waals surface area contributed by atoms with Crippen molar-refractivity contribution in [2.24, 2.45) is 4.99 Å². The number of amidine groups is 1. The minimum atomic E-state index is -2.54. The highest BCUT2D eigenvalue weighted by molar-refractivity contribution is 8.15. The van der Waals surface area contributed by atoms with Gasteiger partial charge in [0.05, 0.1) is 36.6 Å². The van der Waals surface area contributed by atoms with Crippen LogP contribution in [-0.4, -0.2) is 65.2 Å². The Labute approximate surface area is 213 Å². The fourth-order valence-corrected chi connectivity index (χ4v) is 4.89. The number of aliphatic imine (C=N–C) groups is 1. The monoisotopic (exact) mass is 540 g/mol. The van der Waals surface area contributed by atoms with E-state index in [1.807, 2.05) is 0 Å². The van der Waals surface area contributed by atoms with Crippen LogP contribution in [0.3, 0.4) is 0 Å². The summed E-state index contributed by atoms with van der Waals surface area (Å²) in [4.78, 5) is 42.5. The van der Waals surface area contributed by atoms with Gasteiger partial charge in [0, 0.05) is 30.6 Å². The summed E-state index contributed by atoms with van der Waals surface area (Å²) >= 11 is 1.51. The molecule has 1 saturated heterocycles. The molecule has 1 aliphatic heterocycles. The summed E-state index contributed by atoms with van der Waals surface area (Å²) in [5, 5.41) is 13.2. The zero-order chi connectivity index (χ0) is 26.2. The molecule has 0 aromatic heterocycles. The second-order valence-corrected chi connectivity index (χ2v) is 9.48. The van der Waals surface area contributed by atoms with Gasteiger partial charge in [-0.15, -0.1) is 0 Å². The predicted octanol–water partition coefficient (Wildman–Crippen LogP) is 4.52. The van der Waals surface area contributed by atoms with E-state index in [-0.39, 0.29) is 42.6 Å². The molecule has 1 heterocycles. The number of nitrogens with one attached hydrogen (secondary N) is 1. The SMILES string of the molecule is COCCN1C(=O)[C@@H](CC(=O)Nc2cc([N+](=O)[O-])ccc2OC)SC1=Nc1ccc(SC(F)F)cc1. The van der Waals surface area contributed by atoms with Crippen LogP contribution in [-0.2, 0) is 14.3 Å². The Hall–Kier alpha value is -3.23. The van der Waals surface area contributed by atoms with Crippen molar-refractivity contribution in [1.82, 2.24) is 4.90 Å². The summed E-state index contributed by atoms with van der Waals surface area (Å²) < 4.78 is 35.3. The number of ether oxygens (including phenoxy) is 2. The Kier molecular flexibility index (Phi) is 9.61. The first-order valence-corrected chi connectivity index (χ1v) is 12.2. The minimum Gasteiger partial charge on any atom is -0.495 e. The summed E-state index contributed by atoms with van der Waals surface area (Å²) in [6.45, 7) is 0.441. The number of hydrogen-bond acceptors (Lipinski definition) is 9. The molecule has 1 atom stereocenters. The molecule has 0 bridgehead atoms. The molecule has 3 rings (SSSR count). The van der Waals surface area contributed by atoms with Crippen molar-refractivity contribution in [2.75, 3.05) is 32.7 Å². The van der Waals surface area contributed by atoms with Gasteiger partial charge in [0.25, 0.3) is 11.4 Å². The molecule has 1 N–H and O–H groups in total. The van der Waals surface area contributed by atoms with E-state index in [0.717, 1.165) is 11.8 Å². The van der Waals surface area contributed by atoms with Crippen LogP contribution >= 0.6 is 23.5 Å². The Morgan fingerprint density at radius 2 is 2.00 bits per heavy atom. The Balaban J connectivity index is 1.76. The van der Waals surface area contributed by atoms with Crippen molar-refractivity contribution >= 4 is 57.6 Å². The normalized spacial score (nSPS) is 16.6. The van der Waals surface area contributed by atoms with Gasteiger partial charge in [0.15, 0.2) is 5.17 Å². The fraction of sp³-hybridized carbons (Fsp3) is 0.318. The molecule has 36 heavy (non-hydrogen) atoms. The van der Waals surface area contributed by atoms with Crippen LogP contribution in [0.1, 0.15) is 6.42 Å². The van der Waals surface area contributed by atoms with E-state index >= 15 is 0 Å². The highest BCUT2D eigenvalue weighted by Crippen LogP contribution is 2.34. The van der Waals surface area contributed by atoms with E-state index in [1.165, 1.54) is 49.5 Å². The van der Waals surface area contributed by atoms with Crippen LogP contribution in [0.2, 0.25) is 0 Å². The molecule has 2 aromatic rings. The van der Waals surface area contributed by atoms with E-state index in [9.17, 15) is 28.5 Å². The largest absolute Gasteiger partial charge is 0.495 e. The lowest BCUT2D eigenvalue weighted by Crippen LogP contribution is -2.35. The average Bonchev–Trinajstić information content (AvgIpc) is 3.11. The maximum atomic E-state index is 13.0. The zero-order valence-corrected chi connectivity index (χ0v) is 20.8. The molecule has 0 aliphatic carbocycles. The molecule has 0 unspecified atom stereocenters. The predicted molar refractivity (Wildman–Crippen MR) is 133 cm³/mol. The minimum absolute atomic E-state index is 0.110. The summed E-state index contributed by atoms with van der Waals surface area (Å²) in [7, 11) is 2.85. The van der Waals surface area contributed by atoms with Crippen LogP contribution < -0.4 is 10.1 Å². The number of nitro benzene ring substituents is 1. The average molecular weight is 541 g/mol. The smallest absolute Gasteiger partial charge is 0.288 e. The number of carbonyl (C=O) groups excluding carboxylic acids is 2. The van der Waals surface area contributed by atoms with E-state index in [0.29, 0.717) is 27.5 Å². The number of nitro groups is 1. The number of halogens is 2. The van der Waals surface area contributed by atoms with E-state index in [4.69, 9.17) is 9.47 Å². The summed E-state index contributed by atoms with van der Waals surface area (Å²) in [6.07, 6.45) is -0.220. The molecule has 2 aromatic carbocycles. The van der Waals surface area contributed by atoms with E-state index < -0.39 is 21.8 Å². The molecule has 1 fully saturated rings. The molecule has 0 saturated carbocycles. The van der Waals surface area contributed by atoms with Crippen LogP contribution in [0.4, 0.5) is 25.8 Å². The van der Waals surface area contributed by atoms with Crippen LogP contribution in [0.15, 0.2) is 52.4 Å². The highest BCUT2D eigenvalue weighted by Gasteiger charge is 2.39. The molecule has 10 nitrogen and oxygen atoms in total. The first-order chi connectivity index (χ1) is 17.2. The van der Waals surface area contributed by atoms with Gasteiger partial charge < -0.3 is 14.8 Å². The highest BCUT2D eigenvalue weighted by atomic mass is 32.2. The van der Waals surface area contributed by atoms with Gasteiger partial charge in [0.2, 0.25) is 11.8 Å². The number of benzene rings is 2. The quantitative estimate of drug-likeness (QED) is 0.251. The molecule has 0 radical (unpaired) electrons. The van der Waals surface area contributed by atoms with Gasteiger partial charge in [-0.3, -0.25) is 24.6 Å². The molecule has 0 spiro atoms. The van der Waals surface area contributed by atoms with Gasteiger partial charge in [-0.2, -0.15) is 8.78 Å². The second-order valence-electron chi connectivity index (χ2n) is 7.25. The van der Waals surface area contributed by atoms with Crippen molar-refractivity contribution in [3.05, 3.63) is 52.6 Å². The third-order valence-electron chi connectivity index (χ3n) is 4.86. The Morgan fingerprint density at radius 3 is 2.61 bits per heavy atom. The van der Waals surface area contributed by atoms with E-state index in [2.05, 4.69) is 10.3 Å². The molecule has 192 valence electrons. The van der Waals surface area contributed by atoms with Crippen molar-refractivity contribution in [2.45, 2.75) is 22.3 Å². The van der Waals surface area contributed by atoms with Crippen LogP contribution in [0.5, 0.6) is 5.75 Å². The number of nitrogens with zero attached hydrogens (tertiary/aromatic N) is 3. The number of rotatable bonds is 11. The lowest BCUT2D eigenvalue weighted by Gasteiger charge is -2.16. The molecule has 14 heteroatoms. The number of non-ortho nitro benzene ring substituents is 1. The van der Waals surface area contributed by atoms with Crippen molar-refractivity contribution in [1.29, 1.82) is 0 Å².